The van der Waals surface area contributed by atoms with E-state index in [1.165, 1.54) is 17.0 Å². The number of likely N-dealkylation sites (N-methyl/N-ethyl adjacent to an activating group) is 1. The summed E-state index contributed by atoms with van der Waals surface area (Å²) in [5.74, 6) is -2.44. The topological polar surface area (TPSA) is 66.2 Å². The van der Waals surface area contributed by atoms with Gasteiger partial charge in [0.05, 0.1) is 34.8 Å². The third kappa shape index (κ3) is 4.79. The van der Waals surface area contributed by atoms with Crippen LogP contribution in [0.15, 0.2) is 57.7 Å². The van der Waals surface area contributed by atoms with E-state index in [2.05, 4.69) is 15.5 Å². The van der Waals surface area contributed by atoms with Gasteiger partial charge in [-0.05, 0) is 53.2 Å². The van der Waals surface area contributed by atoms with Gasteiger partial charge in [0, 0.05) is 37.8 Å². The maximum atomic E-state index is 14.1. The highest BCUT2D eigenvalue weighted by atomic mass is 19.4. The van der Waals surface area contributed by atoms with Crippen molar-refractivity contribution >= 4 is 11.9 Å². The highest BCUT2D eigenvalue weighted by Gasteiger charge is 2.45. The van der Waals surface area contributed by atoms with Crippen LogP contribution in [0.2, 0.25) is 0 Å². The second-order valence-electron chi connectivity index (χ2n) is 10.7. The third-order valence-electron chi connectivity index (χ3n) is 7.97. The van der Waals surface area contributed by atoms with Gasteiger partial charge >= 0.3 is 24.4 Å². The number of pyridine rings is 1. The van der Waals surface area contributed by atoms with Crippen LogP contribution in [-0.4, -0.2) is 38.9 Å². The molecule has 1 atom stereocenters. The Morgan fingerprint density at radius 3 is 2.56 bits per heavy atom. The lowest BCUT2D eigenvalue weighted by Gasteiger charge is -2.35. The standard InChI is InChI=1S/C27H27F5N6O/c1-36-15-34-35-24(36)23(17-4-2-5-17)18-6-3-7-20(9-18)37-14-22-21(27(30,31)32)8-16(13-38(22)25(37)39)12-33-19-10-26(28,29)11-19/h3,6-9,13-15,17,19,23,33H,2,4-5,10-12H2,1H3/q+1/t23-/m1/s1. The summed E-state index contributed by atoms with van der Waals surface area (Å²) in [4.78, 5) is 13.4. The number of aromatic nitrogens is 2. The van der Waals surface area contributed by atoms with Crippen molar-refractivity contribution in [2.45, 2.75) is 62.7 Å². The fourth-order valence-corrected chi connectivity index (χ4v) is 5.67. The maximum absolute atomic E-state index is 14.1. The van der Waals surface area contributed by atoms with E-state index in [0.717, 1.165) is 41.5 Å². The summed E-state index contributed by atoms with van der Waals surface area (Å²) in [6.07, 6.45) is 2.72. The van der Waals surface area contributed by atoms with Crippen LogP contribution < -0.4 is 11.0 Å². The van der Waals surface area contributed by atoms with E-state index in [-0.39, 0.29) is 36.4 Å². The van der Waals surface area contributed by atoms with Crippen LogP contribution in [0.25, 0.3) is 11.2 Å². The SMILES string of the molecule is C[N+]1=CN=N[C]1[C@@H](c1cccc(-n2cc3c(C(F)(F)F)cc(CNC4CC(F)(F)C4)cn3c2=O)c1)C1CCC1. The van der Waals surface area contributed by atoms with E-state index in [0.29, 0.717) is 11.6 Å². The molecule has 39 heavy (non-hydrogen) atoms. The molecule has 6 rings (SSSR count). The summed E-state index contributed by atoms with van der Waals surface area (Å²) in [5, 5.41) is 11.2. The lowest BCUT2D eigenvalue weighted by atomic mass is 9.71. The van der Waals surface area contributed by atoms with E-state index >= 15 is 0 Å². The number of fused-ring (bicyclic) bond motifs is 1. The average Bonchev–Trinajstić information content (AvgIpc) is 3.40. The van der Waals surface area contributed by atoms with Crippen molar-refractivity contribution in [2.75, 3.05) is 7.05 Å². The molecule has 2 fully saturated rings. The smallest absolute Gasteiger partial charge is 0.309 e. The molecule has 12 heteroatoms. The molecular weight excluding hydrogens is 519 g/mol. The van der Waals surface area contributed by atoms with Crippen molar-refractivity contribution in [3.05, 3.63) is 76.1 Å². The number of hydrogen-bond donors (Lipinski definition) is 1. The van der Waals surface area contributed by atoms with Gasteiger partial charge in [-0.15, -0.1) is 0 Å². The lowest BCUT2D eigenvalue weighted by molar-refractivity contribution is -0.480. The zero-order valence-corrected chi connectivity index (χ0v) is 21.1. The summed E-state index contributed by atoms with van der Waals surface area (Å²) < 4.78 is 72.6. The number of hydrogen-bond acceptors (Lipinski definition) is 4. The molecular formula is C27H27F5N6O+. The first kappa shape index (κ1) is 25.8. The summed E-state index contributed by atoms with van der Waals surface area (Å²) >= 11 is 0. The van der Waals surface area contributed by atoms with Crippen LogP contribution in [0.1, 0.15) is 54.7 Å². The molecule has 1 aromatic carbocycles. The van der Waals surface area contributed by atoms with Gasteiger partial charge in [0.15, 0.2) is 0 Å². The van der Waals surface area contributed by atoms with Crippen LogP contribution in [0.5, 0.6) is 0 Å². The van der Waals surface area contributed by atoms with Crippen LogP contribution in [-0.2, 0) is 12.7 Å². The molecule has 205 valence electrons. The summed E-state index contributed by atoms with van der Waals surface area (Å²) in [7, 11) is 1.87. The van der Waals surface area contributed by atoms with E-state index in [9.17, 15) is 26.7 Å². The first-order valence-electron chi connectivity index (χ1n) is 12.9. The predicted octanol–water partition coefficient (Wildman–Crippen LogP) is 5.51. The van der Waals surface area contributed by atoms with E-state index in [1.54, 1.807) is 18.5 Å². The lowest BCUT2D eigenvalue weighted by Crippen LogP contribution is -2.48. The second kappa shape index (κ2) is 9.35. The Morgan fingerprint density at radius 2 is 1.95 bits per heavy atom. The summed E-state index contributed by atoms with van der Waals surface area (Å²) in [6.45, 7) is -0.0619. The summed E-state index contributed by atoms with van der Waals surface area (Å²) in [5.41, 5.74) is -0.347. The Labute approximate surface area is 220 Å². The Morgan fingerprint density at radius 1 is 1.18 bits per heavy atom. The summed E-state index contributed by atoms with van der Waals surface area (Å²) in [6, 6.07) is 7.73. The molecule has 2 aromatic heterocycles. The highest BCUT2D eigenvalue weighted by Crippen LogP contribution is 2.46. The van der Waals surface area contributed by atoms with Crippen molar-refractivity contribution in [2.24, 2.45) is 16.1 Å². The Balaban J connectivity index is 1.37. The number of nitrogens with zero attached hydrogens (tertiary/aromatic N) is 5. The van der Waals surface area contributed by atoms with Gasteiger partial charge in [-0.3, -0.25) is 8.97 Å². The second-order valence-corrected chi connectivity index (χ2v) is 10.7. The molecule has 1 N–H and O–H groups in total. The van der Waals surface area contributed by atoms with Gasteiger partial charge in [0.2, 0.25) is 0 Å². The zero-order valence-electron chi connectivity index (χ0n) is 21.1. The number of benzene rings is 1. The van der Waals surface area contributed by atoms with Crippen molar-refractivity contribution in [1.82, 2.24) is 14.3 Å². The molecule has 1 radical (unpaired) electrons. The van der Waals surface area contributed by atoms with Gasteiger partial charge in [-0.1, -0.05) is 18.6 Å². The molecule has 0 saturated heterocycles. The Bertz CT molecular complexity index is 1530. The van der Waals surface area contributed by atoms with E-state index < -0.39 is 29.4 Å². The number of halogens is 5. The van der Waals surface area contributed by atoms with Crippen molar-refractivity contribution < 1.29 is 26.5 Å². The molecule has 3 heterocycles. The minimum Gasteiger partial charge on any atom is -0.309 e. The predicted molar refractivity (Wildman–Crippen MR) is 133 cm³/mol. The number of nitrogens with one attached hydrogen (secondary N) is 1. The average molecular weight is 547 g/mol. The van der Waals surface area contributed by atoms with Crippen molar-refractivity contribution in [1.29, 1.82) is 0 Å². The normalized spacial score (nSPS) is 20.7. The quantitative estimate of drug-likeness (QED) is 0.314. The molecule has 0 spiro atoms. The van der Waals surface area contributed by atoms with Crippen LogP contribution >= 0.6 is 0 Å². The number of rotatable bonds is 7. The third-order valence-corrected chi connectivity index (χ3v) is 7.97. The monoisotopic (exact) mass is 546 g/mol. The molecule has 0 unspecified atom stereocenters. The molecule has 1 aliphatic heterocycles. The first-order valence-corrected chi connectivity index (χ1v) is 12.9. The molecule has 7 nitrogen and oxygen atoms in total. The fourth-order valence-electron chi connectivity index (χ4n) is 5.67. The van der Waals surface area contributed by atoms with Crippen molar-refractivity contribution in [3.63, 3.8) is 0 Å². The van der Waals surface area contributed by atoms with Gasteiger partial charge in [0.1, 0.15) is 0 Å². The first-order chi connectivity index (χ1) is 18.5. The minimum atomic E-state index is -4.72. The van der Waals surface area contributed by atoms with Gasteiger partial charge in [0.25, 0.3) is 5.92 Å². The molecule has 3 aromatic rings. The largest absolute Gasteiger partial charge is 0.418 e. The van der Waals surface area contributed by atoms with E-state index in [1.807, 2.05) is 23.8 Å². The van der Waals surface area contributed by atoms with Crippen LogP contribution in [0, 0.1) is 12.1 Å². The molecule has 2 aliphatic carbocycles. The van der Waals surface area contributed by atoms with Crippen LogP contribution in [0.3, 0.4) is 0 Å². The van der Waals surface area contributed by atoms with Gasteiger partial charge < -0.3 is 5.32 Å². The van der Waals surface area contributed by atoms with E-state index in [4.69, 9.17) is 0 Å². The molecule has 2 saturated carbocycles. The minimum absolute atomic E-state index is 0.0544. The molecule has 0 bridgehead atoms. The number of imidazole rings is 1. The molecule has 0 amide bonds. The maximum Gasteiger partial charge on any atom is 0.418 e. The zero-order chi connectivity index (χ0) is 27.5. The Kier molecular flexibility index (Phi) is 6.20. The Hall–Kier alpha value is -3.41. The van der Waals surface area contributed by atoms with Gasteiger partial charge in [-0.25, -0.2) is 18.2 Å². The highest BCUT2D eigenvalue weighted by molar-refractivity contribution is 5.58. The number of azo groups is 1. The van der Waals surface area contributed by atoms with Gasteiger partial charge in [-0.2, -0.15) is 13.2 Å². The molecule has 3 aliphatic rings. The number of alkyl halides is 5. The van der Waals surface area contributed by atoms with Crippen molar-refractivity contribution in [3.8, 4) is 5.69 Å². The fraction of sp³-hybridized carbons (Fsp3) is 0.444. The van der Waals surface area contributed by atoms with Crippen LogP contribution in [0.4, 0.5) is 22.0 Å².